The highest BCUT2D eigenvalue weighted by Crippen LogP contribution is 2.27. The van der Waals surface area contributed by atoms with E-state index < -0.39 is 42.9 Å². The van der Waals surface area contributed by atoms with Gasteiger partial charge in [-0.05, 0) is 88.5 Å². The van der Waals surface area contributed by atoms with Crippen LogP contribution >= 0.6 is 0 Å². The van der Waals surface area contributed by atoms with E-state index in [1.807, 2.05) is 63.3 Å². The molecular weight excluding hydrogens is 649 g/mol. The lowest BCUT2D eigenvalue weighted by molar-refractivity contribution is -0.322. The molecule has 0 unspecified atom stereocenters. The summed E-state index contributed by atoms with van der Waals surface area (Å²) in [5.41, 5.74) is 7.74. The fourth-order valence-corrected chi connectivity index (χ4v) is 4.84. The second-order valence-corrected chi connectivity index (χ2v) is 14.4. The van der Waals surface area contributed by atoms with Gasteiger partial charge in [0.2, 0.25) is 0 Å². The fourth-order valence-electron chi connectivity index (χ4n) is 4.84. The van der Waals surface area contributed by atoms with Gasteiger partial charge in [-0.2, -0.15) is 0 Å². The SMILES string of the molecule is CC(C)=CCC/C(C)=C/C=C/C(C)=C/C=C/C(C)=C\C=C\C=C(C)\C=C\C=C(C)\C=C\C=C(C)\C=C\CC(C)(C)O[C@@H]1O[C@H](CO)[C@@H](O)[C@H](O)[C@H]1O. The Morgan fingerprint density at radius 3 is 1.50 bits per heavy atom. The van der Waals surface area contributed by atoms with Gasteiger partial charge < -0.3 is 29.9 Å². The molecule has 0 aromatic carbocycles. The highest BCUT2D eigenvalue weighted by Gasteiger charge is 2.45. The fraction of sp³-hybridized carbons (Fsp3) is 0.435. The Bertz CT molecular complexity index is 1490. The molecule has 1 heterocycles. The molecule has 0 radical (unpaired) electrons. The van der Waals surface area contributed by atoms with Crippen molar-refractivity contribution in [1.82, 2.24) is 0 Å². The topological polar surface area (TPSA) is 99.4 Å². The van der Waals surface area contributed by atoms with E-state index in [0.29, 0.717) is 6.42 Å². The zero-order valence-corrected chi connectivity index (χ0v) is 33.3. The van der Waals surface area contributed by atoms with E-state index in [2.05, 4.69) is 121 Å². The molecule has 52 heavy (non-hydrogen) atoms. The Kier molecular flexibility index (Phi) is 22.6. The van der Waals surface area contributed by atoms with E-state index >= 15 is 0 Å². The first kappa shape index (κ1) is 46.4. The van der Waals surface area contributed by atoms with E-state index in [0.717, 1.165) is 29.6 Å². The van der Waals surface area contributed by atoms with Crippen molar-refractivity contribution >= 4 is 0 Å². The first-order valence-electron chi connectivity index (χ1n) is 18.2. The van der Waals surface area contributed by atoms with Crippen LogP contribution < -0.4 is 0 Å². The van der Waals surface area contributed by atoms with Gasteiger partial charge in [0, 0.05) is 0 Å². The van der Waals surface area contributed by atoms with Crippen LogP contribution in [0.2, 0.25) is 0 Å². The molecule has 6 heteroatoms. The number of aliphatic hydroxyl groups is 4. The Morgan fingerprint density at radius 1 is 0.596 bits per heavy atom. The van der Waals surface area contributed by atoms with Crippen molar-refractivity contribution in [2.75, 3.05) is 6.61 Å². The third-order valence-corrected chi connectivity index (χ3v) is 8.09. The predicted molar refractivity (Wildman–Crippen MR) is 220 cm³/mol. The molecule has 0 amide bonds. The number of rotatable bonds is 19. The van der Waals surface area contributed by atoms with Gasteiger partial charge in [0.1, 0.15) is 24.4 Å². The zero-order chi connectivity index (χ0) is 39.1. The lowest BCUT2D eigenvalue weighted by Gasteiger charge is -2.42. The minimum absolute atomic E-state index is 0.494. The Balaban J connectivity index is 2.56. The Morgan fingerprint density at radius 2 is 1.04 bits per heavy atom. The summed E-state index contributed by atoms with van der Waals surface area (Å²) in [4.78, 5) is 0. The highest BCUT2D eigenvalue weighted by atomic mass is 16.7. The summed E-state index contributed by atoms with van der Waals surface area (Å²) in [6.45, 7) is 20.0. The number of hydrogen-bond donors (Lipinski definition) is 4. The van der Waals surface area contributed by atoms with Crippen LogP contribution in [0.3, 0.4) is 0 Å². The van der Waals surface area contributed by atoms with Crippen molar-refractivity contribution in [2.45, 2.75) is 125 Å². The summed E-state index contributed by atoms with van der Waals surface area (Å²) < 4.78 is 11.4. The smallest absolute Gasteiger partial charge is 0.187 e. The molecule has 5 atom stereocenters. The van der Waals surface area contributed by atoms with E-state index in [1.165, 1.54) is 22.3 Å². The van der Waals surface area contributed by atoms with Crippen LogP contribution in [0, 0.1) is 0 Å². The van der Waals surface area contributed by atoms with E-state index in [1.54, 1.807) is 0 Å². The predicted octanol–water partition coefficient (Wildman–Crippen LogP) is 9.73. The van der Waals surface area contributed by atoms with Crippen LogP contribution in [0.25, 0.3) is 0 Å². The minimum atomic E-state index is -1.47. The maximum atomic E-state index is 10.3. The average Bonchev–Trinajstić information content (AvgIpc) is 3.06. The molecule has 4 N–H and O–H groups in total. The lowest BCUT2D eigenvalue weighted by Crippen LogP contribution is -2.60. The van der Waals surface area contributed by atoms with Gasteiger partial charge in [-0.3, -0.25) is 0 Å². The number of hydrogen-bond acceptors (Lipinski definition) is 6. The molecule has 0 aromatic rings. The Labute approximate surface area is 315 Å². The van der Waals surface area contributed by atoms with Crippen LogP contribution in [0.5, 0.6) is 0 Å². The molecule has 286 valence electrons. The third-order valence-electron chi connectivity index (χ3n) is 8.09. The lowest BCUT2D eigenvalue weighted by atomic mass is 9.98. The third kappa shape index (κ3) is 21.0. The molecule has 1 rings (SSSR count). The van der Waals surface area contributed by atoms with E-state index in [4.69, 9.17) is 9.47 Å². The Hall–Kier alpha value is -3.62. The van der Waals surface area contributed by atoms with Gasteiger partial charge in [0.15, 0.2) is 6.29 Å². The van der Waals surface area contributed by atoms with Gasteiger partial charge in [0.05, 0.1) is 12.2 Å². The molecule has 1 aliphatic heterocycles. The summed E-state index contributed by atoms with van der Waals surface area (Å²) in [5.74, 6) is 0. The van der Waals surface area contributed by atoms with Crippen molar-refractivity contribution in [3.05, 3.63) is 154 Å². The molecule has 0 aromatic heterocycles. The summed E-state index contributed by atoms with van der Waals surface area (Å²) in [6.07, 6.45) is 35.8. The van der Waals surface area contributed by atoms with Crippen LogP contribution in [-0.2, 0) is 9.47 Å². The molecule has 1 aliphatic rings. The van der Waals surface area contributed by atoms with Crippen molar-refractivity contribution in [3.63, 3.8) is 0 Å². The van der Waals surface area contributed by atoms with Gasteiger partial charge in [-0.25, -0.2) is 0 Å². The summed E-state index contributed by atoms with van der Waals surface area (Å²) >= 11 is 0. The second-order valence-electron chi connectivity index (χ2n) is 14.4. The molecule has 1 fully saturated rings. The van der Waals surface area contributed by atoms with E-state index in [-0.39, 0.29) is 0 Å². The van der Waals surface area contributed by atoms with Gasteiger partial charge in [-0.15, -0.1) is 0 Å². The van der Waals surface area contributed by atoms with Crippen LogP contribution in [0.15, 0.2) is 154 Å². The first-order chi connectivity index (χ1) is 24.5. The van der Waals surface area contributed by atoms with Crippen LogP contribution in [-0.4, -0.2) is 63.3 Å². The van der Waals surface area contributed by atoms with E-state index in [9.17, 15) is 20.4 Å². The monoisotopic (exact) mass is 714 g/mol. The quantitative estimate of drug-likeness (QED) is 0.0786. The van der Waals surface area contributed by atoms with Gasteiger partial charge in [-0.1, -0.05) is 154 Å². The minimum Gasteiger partial charge on any atom is -0.394 e. The molecule has 0 aliphatic carbocycles. The molecule has 0 spiro atoms. The maximum Gasteiger partial charge on any atom is 0.187 e. The van der Waals surface area contributed by atoms with Crippen molar-refractivity contribution in [3.8, 4) is 0 Å². The largest absolute Gasteiger partial charge is 0.394 e. The standard InChI is InChI=1S/C46H66O6/c1-34(2)19-13-22-37(5)25-16-28-38(6)26-14-23-35(3)20-11-12-21-36(4)24-15-27-39(7)29-17-30-40(8)31-18-32-46(9,10)52-45-44(50)43(49)42(48)41(33-47)51-45/h11-12,14-21,23-31,41-45,47-50H,13,22,32-33H2,1-10H3/b12-11+,23-14+,24-15+,28-16+,29-17+,31-18+,35-20-,36-21+,37-25+,38-26+,39-27+,40-30+/t41-,42-,43+,44-,45+/m1/s1. The number of allylic oxidation sites excluding steroid dienone is 25. The van der Waals surface area contributed by atoms with Gasteiger partial charge in [0.25, 0.3) is 0 Å². The van der Waals surface area contributed by atoms with Crippen molar-refractivity contribution in [1.29, 1.82) is 0 Å². The number of ether oxygens (including phenoxy) is 2. The maximum absolute atomic E-state index is 10.3. The van der Waals surface area contributed by atoms with Crippen LogP contribution in [0.4, 0.5) is 0 Å². The highest BCUT2D eigenvalue weighted by molar-refractivity contribution is 5.33. The first-order valence-corrected chi connectivity index (χ1v) is 18.2. The summed E-state index contributed by atoms with van der Waals surface area (Å²) in [5, 5.41) is 39.6. The molecule has 1 saturated heterocycles. The summed E-state index contributed by atoms with van der Waals surface area (Å²) in [6, 6.07) is 0. The molecule has 0 bridgehead atoms. The molecule has 6 nitrogen and oxygen atoms in total. The zero-order valence-electron chi connectivity index (χ0n) is 33.3. The van der Waals surface area contributed by atoms with Crippen molar-refractivity contribution < 1.29 is 29.9 Å². The second kappa shape index (κ2) is 25.4. The molecule has 0 saturated carbocycles. The summed E-state index contributed by atoms with van der Waals surface area (Å²) in [7, 11) is 0. The number of aliphatic hydroxyl groups excluding tert-OH is 4. The normalized spacial score (nSPS) is 23.9. The van der Waals surface area contributed by atoms with Crippen LogP contribution in [0.1, 0.15) is 88.5 Å². The van der Waals surface area contributed by atoms with Crippen molar-refractivity contribution in [2.24, 2.45) is 0 Å². The average molecular weight is 715 g/mol. The molecular formula is C46H66O6. The van der Waals surface area contributed by atoms with Gasteiger partial charge >= 0.3 is 0 Å².